The van der Waals surface area contributed by atoms with E-state index in [9.17, 15) is 14.9 Å². The Morgan fingerprint density at radius 2 is 1.71 bits per heavy atom. The van der Waals surface area contributed by atoms with Gasteiger partial charge in [-0.3, -0.25) is 9.59 Å². The summed E-state index contributed by atoms with van der Waals surface area (Å²) < 4.78 is 17.0. The number of carbonyl (C=O) groups is 2. The maximum absolute atomic E-state index is 12.8. The number of carbonyl (C=O) groups excluding carboxylic acids is 2. The number of morpholine rings is 1. The number of amides is 2. The van der Waals surface area contributed by atoms with Crippen LogP contribution in [0.1, 0.15) is 30.5 Å². The van der Waals surface area contributed by atoms with Crippen LogP contribution in [0, 0.1) is 11.3 Å². The molecule has 2 aromatic rings. The monoisotopic (exact) mass is 479 g/mol. The fourth-order valence-corrected chi connectivity index (χ4v) is 4.87. The van der Waals surface area contributed by atoms with Crippen LogP contribution < -0.4 is 4.90 Å². The summed E-state index contributed by atoms with van der Waals surface area (Å²) in [6.07, 6.45) is 2.19. The van der Waals surface area contributed by atoms with Gasteiger partial charge in [-0.1, -0.05) is 0 Å². The molecule has 184 valence electrons. The summed E-state index contributed by atoms with van der Waals surface area (Å²) in [4.78, 5) is 35.5. The lowest BCUT2D eigenvalue weighted by molar-refractivity contribution is -0.154. The molecule has 0 saturated carbocycles. The third kappa shape index (κ3) is 4.49. The fraction of sp³-hybridized carbons (Fsp3) is 0.520. The number of nitrogens with zero attached hydrogens (tertiary/aromatic N) is 5. The van der Waals surface area contributed by atoms with Crippen molar-refractivity contribution in [3.8, 4) is 17.5 Å². The first-order valence-electron chi connectivity index (χ1n) is 11.9. The number of anilines is 1. The van der Waals surface area contributed by atoms with Gasteiger partial charge < -0.3 is 28.6 Å². The second-order valence-corrected chi connectivity index (χ2v) is 9.61. The largest absolute Gasteiger partial charge is 0.463 e. The first-order chi connectivity index (χ1) is 16.9. The average Bonchev–Trinajstić information content (AvgIpc) is 3.42. The van der Waals surface area contributed by atoms with Crippen molar-refractivity contribution in [2.24, 2.45) is 0 Å². The van der Waals surface area contributed by atoms with E-state index in [0.29, 0.717) is 88.3 Å². The SMILES string of the molecule is CC1(C)Cc2c(C#N)c(N3CCN(C(=O)C(=O)N4CCOCC4)CC3)nc(-c3ccco3)c2CO1. The van der Waals surface area contributed by atoms with E-state index in [0.717, 1.165) is 11.1 Å². The van der Waals surface area contributed by atoms with Crippen LogP contribution in [0.3, 0.4) is 0 Å². The first kappa shape index (κ1) is 23.3. The van der Waals surface area contributed by atoms with Crippen LogP contribution in [0.15, 0.2) is 22.8 Å². The zero-order valence-corrected chi connectivity index (χ0v) is 20.1. The highest BCUT2D eigenvalue weighted by Crippen LogP contribution is 2.39. The van der Waals surface area contributed by atoms with E-state index < -0.39 is 17.4 Å². The zero-order valence-electron chi connectivity index (χ0n) is 20.1. The molecule has 10 heteroatoms. The molecule has 0 aliphatic carbocycles. The lowest BCUT2D eigenvalue weighted by Crippen LogP contribution is -2.55. The molecular weight excluding hydrogens is 450 g/mol. The quantitative estimate of drug-likeness (QED) is 0.597. The summed E-state index contributed by atoms with van der Waals surface area (Å²) >= 11 is 0. The van der Waals surface area contributed by atoms with Crippen LogP contribution >= 0.6 is 0 Å². The minimum absolute atomic E-state index is 0.353. The highest BCUT2D eigenvalue weighted by molar-refractivity contribution is 6.35. The average molecular weight is 480 g/mol. The number of aromatic nitrogens is 1. The summed E-state index contributed by atoms with van der Waals surface area (Å²) in [5.41, 5.74) is 2.62. The number of fused-ring (bicyclic) bond motifs is 1. The van der Waals surface area contributed by atoms with Gasteiger partial charge in [0.25, 0.3) is 0 Å². The number of hydrogen-bond acceptors (Lipinski definition) is 8. The van der Waals surface area contributed by atoms with Crippen LogP contribution in [0.2, 0.25) is 0 Å². The number of piperazine rings is 1. The molecule has 2 amide bonds. The lowest BCUT2D eigenvalue weighted by Gasteiger charge is -2.38. The maximum atomic E-state index is 12.8. The Bertz CT molecular complexity index is 1160. The highest BCUT2D eigenvalue weighted by atomic mass is 16.5. The molecule has 0 aromatic carbocycles. The highest BCUT2D eigenvalue weighted by Gasteiger charge is 2.35. The molecule has 0 radical (unpaired) electrons. The molecule has 0 N–H and O–H groups in total. The second-order valence-electron chi connectivity index (χ2n) is 9.61. The van der Waals surface area contributed by atoms with Crippen molar-refractivity contribution >= 4 is 17.6 Å². The van der Waals surface area contributed by atoms with Crippen molar-refractivity contribution in [3.63, 3.8) is 0 Å². The minimum atomic E-state index is -0.486. The van der Waals surface area contributed by atoms with Crippen LogP contribution in [0.5, 0.6) is 0 Å². The Labute approximate surface area is 204 Å². The van der Waals surface area contributed by atoms with Gasteiger partial charge >= 0.3 is 11.8 Å². The van der Waals surface area contributed by atoms with Gasteiger partial charge in [0.05, 0.1) is 37.2 Å². The Morgan fingerprint density at radius 1 is 1.03 bits per heavy atom. The van der Waals surface area contributed by atoms with Crippen molar-refractivity contribution in [3.05, 3.63) is 35.1 Å². The maximum Gasteiger partial charge on any atom is 0.312 e. The van der Waals surface area contributed by atoms with Gasteiger partial charge in [0, 0.05) is 51.3 Å². The van der Waals surface area contributed by atoms with Gasteiger partial charge in [0.2, 0.25) is 0 Å². The van der Waals surface area contributed by atoms with Gasteiger partial charge in [-0.25, -0.2) is 4.98 Å². The number of hydrogen-bond donors (Lipinski definition) is 0. The van der Waals surface area contributed by atoms with Crippen molar-refractivity contribution in [2.45, 2.75) is 32.5 Å². The summed E-state index contributed by atoms with van der Waals surface area (Å²) in [7, 11) is 0. The predicted molar refractivity (Wildman–Crippen MR) is 125 cm³/mol. The van der Waals surface area contributed by atoms with Gasteiger partial charge in [-0.15, -0.1) is 0 Å². The molecule has 0 spiro atoms. The Hall–Kier alpha value is -3.42. The molecule has 0 atom stereocenters. The molecule has 10 nitrogen and oxygen atoms in total. The van der Waals surface area contributed by atoms with Crippen LogP contribution in [0.25, 0.3) is 11.5 Å². The predicted octanol–water partition coefficient (Wildman–Crippen LogP) is 1.57. The summed E-state index contributed by atoms with van der Waals surface area (Å²) in [5, 5.41) is 10.1. The van der Waals surface area contributed by atoms with E-state index in [1.165, 1.54) is 0 Å². The Morgan fingerprint density at radius 3 is 2.34 bits per heavy atom. The summed E-state index contributed by atoms with van der Waals surface area (Å²) in [6.45, 7) is 7.86. The van der Waals surface area contributed by atoms with Gasteiger partial charge in [0.15, 0.2) is 5.76 Å². The molecule has 2 saturated heterocycles. The summed E-state index contributed by atoms with van der Waals surface area (Å²) in [6, 6.07) is 6.05. The van der Waals surface area contributed by atoms with Crippen LogP contribution in [0.4, 0.5) is 5.82 Å². The molecule has 2 fully saturated rings. The van der Waals surface area contributed by atoms with Crippen molar-refractivity contribution in [1.82, 2.24) is 14.8 Å². The standard InChI is InChI=1S/C25H29N5O5/c1-25(2)14-17-18(15-26)22(27-21(19(17)16-35-25)20-4-3-11-34-20)28-5-7-29(8-6-28)23(31)24(32)30-9-12-33-13-10-30/h3-4,11H,5-10,12-14,16H2,1-2H3. The molecule has 5 rings (SSSR count). The van der Waals surface area contributed by atoms with E-state index in [4.69, 9.17) is 18.9 Å². The summed E-state index contributed by atoms with van der Waals surface area (Å²) in [5.74, 6) is 0.247. The Kier molecular flexibility index (Phi) is 6.21. The van der Waals surface area contributed by atoms with Crippen LogP contribution in [-0.2, 0) is 32.1 Å². The van der Waals surface area contributed by atoms with Crippen molar-refractivity contribution < 1.29 is 23.5 Å². The van der Waals surface area contributed by atoms with Crippen molar-refractivity contribution in [1.29, 1.82) is 5.26 Å². The number of furan rings is 1. The van der Waals surface area contributed by atoms with E-state index in [-0.39, 0.29) is 0 Å². The molecule has 2 aromatic heterocycles. The number of ether oxygens (including phenoxy) is 2. The second kappa shape index (κ2) is 9.32. The van der Waals surface area contributed by atoms with E-state index in [1.807, 2.05) is 30.9 Å². The van der Waals surface area contributed by atoms with Gasteiger partial charge in [0.1, 0.15) is 17.6 Å². The third-order valence-electron chi connectivity index (χ3n) is 6.82. The molecule has 0 bridgehead atoms. The normalized spacial score (nSPS) is 19.7. The molecule has 5 heterocycles. The van der Waals surface area contributed by atoms with Crippen molar-refractivity contribution in [2.75, 3.05) is 57.4 Å². The van der Waals surface area contributed by atoms with Crippen LogP contribution in [-0.4, -0.2) is 84.7 Å². The minimum Gasteiger partial charge on any atom is -0.463 e. The van der Waals surface area contributed by atoms with E-state index in [2.05, 4.69) is 6.07 Å². The number of nitriles is 1. The van der Waals surface area contributed by atoms with E-state index >= 15 is 0 Å². The molecule has 3 aliphatic heterocycles. The molecule has 3 aliphatic rings. The van der Waals surface area contributed by atoms with Gasteiger partial charge in [-0.2, -0.15) is 5.26 Å². The Balaban J connectivity index is 1.40. The van der Waals surface area contributed by atoms with Gasteiger partial charge in [-0.05, 0) is 31.5 Å². The molecule has 0 unspecified atom stereocenters. The zero-order chi connectivity index (χ0) is 24.6. The fourth-order valence-electron chi connectivity index (χ4n) is 4.87. The van der Waals surface area contributed by atoms with E-state index in [1.54, 1.807) is 16.1 Å². The number of pyridine rings is 1. The molecule has 35 heavy (non-hydrogen) atoms. The lowest BCUT2D eigenvalue weighted by atomic mass is 9.87. The first-order valence-corrected chi connectivity index (χ1v) is 11.9. The number of rotatable bonds is 2. The third-order valence-corrected chi connectivity index (χ3v) is 6.82. The molecular formula is C25H29N5O5. The smallest absolute Gasteiger partial charge is 0.312 e. The topological polar surface area (TPSA) is 112 Å².